The SMILES string of the molecule is CCn1c(SCc2cccc(C#N)c2)nc2ccc(Br)cc2c1=O. The molecule has 0 fully saturated rings. The first-order valence-corrected chi connectivity index (χ1v) is 9.22. The molecule has 24 heavy (non-hydrogen) atoms. The van der Waals surface area contributed by atoms with Crippen molar-refractivity contribution in [1.82, 2.24) is 9.55 Å². The lowest BCUT2D eigenvalue weighted by Gasteiger charge is -2.11. The number of nitriles is 1. The van der Waals surface area contributed by atoms with Gasteiger partial charge in [-0.3, -0.25) is 9.36 Å². The first-order chi connectivity index (χ1) is 11.6. The fourth-order valence-electron chi connectivity index (χ4n) is 2.44. The van der Waals surface area contributed by atoms with Crippen LogP contribution in [0.3, 0.4) is 0 Å². The van der Waals surface area contributed by atoms with Crippen LogP contribution in [0.1, 0.15) is 18.1 Å². The van der Waals surface area contributed by atoms with Crippen molar-refractivity contribution in [2.24, 2.45) is 0 Å². The predicted octanol–water partition coefficient (Wildman–Crippen LogP) is 4.34. The minimum absolute atomic E-state index is 0.0305. The largest absolute Gasteiger partial charge is 0.287 e. The Morgan fingerprint density at radius 2 is 2.12 bits per heavy atom. The van der Waals surface area contributed by atoms with E-state index in [1.807, 2.05) is 43.3 Å². The van der Waals surface area contributed by atoms with Crippen molar-refractivity contribution < 1.29 is 0 Å². The van der Waals surface area contributed by atoms with Gasteiger partial charge in [-0.05, 0) is 42.8 Å². The van der Waals surface area contributed by atoms with Gasteiger partial charge >= 0.3 is 0 Å². The van der Waals surface area contributed by atoms with Crippen molar-refractivity contribution in [2.75, 3.05) is 0 Å². The van der Waals surface area contributed by atoms with E-state index >= 15 is 0 Å². The Morgan fingerprint density at radius 3 is 2.88 bits per heavy atom. The van der Waals surface area contributed by atoms with E-state index in [4.69, 9.17) is 5.26 Å². The molecule has 0 radical (unpaired) electrons. The smallest absolute Gasteiger partial charge is 0.262 e. The van der Waals surface area contributed by atoms with E-state index in [1.165, 1.54) is 11.8 Å². The fourth-order valence-corrected chi connectivity index (χ4v) is 3.81. The lowest BCUT2D eigenvalue weighted by molar-refractivity contribution is 0.634. The summed E-state index contributed by atoms with van der Waals surface area (Å²) in [6.45, 7) is 2.50. The minimum atomic E-state index is -0.0305. The van der Waals surface area contributed by atoms with E-state index in [9.17, 15) is 4.79 Å². The fraction of sp³-hybridized carbons (Fsp3) is 0.167. The highest BCUT2D eigenvalue weighted by molar-refractivity contribution is 9.10. The van der Waals surface area contributed by atoms with Gasteiger partial charge in [0.2, 0.25) is 0 Å². The molecular weight excluding hydrogens is 386 g/mol. The molecule has 0 spiro atoms. The standard InChI is InChI=1S/C18H14BrN3OS/c1-2-22-17(23)15-9-14(19)6-7-16(15)21-18(22)24-11-13-5-3-4-12(8-13)10-20/h3-9H,2,11H2,1H3. The van der Waals surface area contributed by atoms with E-state index in [1.54, 1.807) is 10.6 Å². The van der Waals surface area contributed by atoms with Crippen molar-refractivity contribution in [1.29, 1.82) is 5.26 Å². The van der Waals surface area contributed by atoms with Crippen LogP contribution in [0.4, 0.5) is 0 Å². The lowest BCUT2D eigenvalue weighted by Crippen LogP contribution is -2.22. The number of hydrogen-bond acceptors (Lipinski definition) is 4. The molecule has 0 saturated heterocycles. The second kappa shape index (κ2) is 7.20. The van der Waals surface area contributed by atoms with E-state index in [2.05, 4.69) is 27.0 Å². The zero-order valence-electron chi connectivity index (χ0n) is 13.0. The molecule has 0 saturated carbocycles. The number of benzene rings is 2. The Hall–Kier alpha value is -2.10. The summed E-state index contributed by atoms with van der Waals surface area (Å²) in [6.07, 6.45) is 0. The summed E-state index contributed by atoms with van der Waals surface area (Å²) in [6, 6.07) is 15.2. The predicted molar refractivity (Wildman–Crippen MR) is 100 cm³/mol. The molecule has 3 rings (SSSR count). The van der Waals surface area contributed by atoms with Crippen molar-refractivity contribution in [2.45, 2.75) is 24.4 Å². The van der Waals surface area contributed by atoms with E-state index in [0.717, 1.165) is 10.0 Å². The van der Waals surface area contributed by atoms with Crippen LogP contribution in [0.5, 0.6) is 0 Å². The Kier molecular flexibility index (Phi) is 5.03. The van der Waals surface area contributed by atoms with Crippen molar-refractivity contribution >= 4 is 38.6 Å². The molecule has 0 aliphatic carbocycles. The summed E-state index contributed by atoms with van der Waals surface area (Å²) in [7, 11) is 0. The van der Waals surface area contributed by atoms with E-state index in [0.29, 0.717) is 33.9 Å². The molecule has 0 unspecified atom stereocenters. The second-order valence-corrected chi connectivity index (χ2v) is 7.06. The first kappa shape index (κ1) is 16.7. The molecule has 1 aromatic heterocycles. The number of thioether (sulfide) groups is 1. The monoisotopic (exact) mass is 399 g/mol. The van der Waals surface area contributed by atoms with Crippen molar-refractivity contribution in [3.63, 3.8) is 0 Å². The minimum Gasteiger partial charge on any atom is -0.287 e. The van der Waals surface area contributed by atoms with Crippen LogP contribution in [0, 0.1) is 11.3 Å². The highest BCUT2D eigenvalue weighted by atomic mass is 79.9. The maximum Gasteiger partial charge on any atom is 0.262 e. The average molecular weight is 400 g/mol. The van der Waals surface area contributed by atoms with Crippen LogP contribution >= 0.6 is 27.7 Å². The summed E-state index contributed by atoms with van der Waals surface area (Å²) in [5.74, 6) is 0.657. The van der Waals surface area contributed by atoms with Crippen LogP contribution in [-0.2, 0) is 12.3 Å². The molecule has 0 amide bonds. The number of nitrogens with zero attached hydrogens (tertiary/aromatic N) is 3. The number of hydrogen-bond donors (Lipinski definition) is 0. The number of fused-ring (bicyclic) bond motifs is 1. The molecule has 1 heterocycles. The molecule has 0 N–H and O–H groups in total. The average Bonchev–Trinajstić information content (AvgIpc) is 2.61. The van der Waals surface area contributed by atoms with Gasteiger partial charge < -0.3 is 0 Å². The Labute approximate surface area is 152 Å². The van der Waals surface area contributed by atoms with Crippen LogP contribution in [-0.4, -0.2) is 9.55 Å². The topological polar surface area (TPSA) is 58.7 Å². The van der Waals surface area contributed by atoms with Gasteiger partial charge in [0, 0.05) is 16.8 Å². The van der Waals surface area contributed by atoms with Gasteiger partial charge in [-0.25, -0.2) is 4.98 Å². The maximum atomic E-state index is 12.7. The van der Waals surface area contributed by atoms with Gasteiger partial charge in [-0.1, -0.05) is 39.8 Å². The molecule has 4 nitrogen and oxygen atoms in total. The van der Waals surface area contributed by atoms with E-state index in [-0.39, 0.29) is 5.56 Å². The quantitative estimate of drug-likeness (QED) is 0.483. The summed E-state index contributed by atoms with van der Waals surface area (Å²) < 4.78 is 2.55. The van der Waals surface area contributed by atoms with Gasteiger partial charge in [-0.15, -0.1) is 0 Å². The third-order valence-electron chi connectivity index (χ3n) is 3.62. The third-order valence-corrected chi connectivity index (χ3v) is 5.16. The Morgan fingerprint density at radius 1 is 1.29 bits per heavy atom. The maximum absolute atomic E-state index is 12.7. The van der Waals surface area contributed by atoms with Crippen molar-refractivity contribution in [3.8, 4) is 6.07 Å². The molecule has 0 bridgehead atoms. The summed E-state index contributed by atoms with van der Waals surface area (Å²) in [5.41, 5.74) is 2.34. The number of rotatable bonds is 4. The highest BCUT2D eigenvalue weighted by Crippen LogP contribution is 2.23. The zero-order valence-corrected chi connectivity index (χ0v) is 15.4. The third kappa shape index (κ3) is 3.37. The van der Waals surface area contributed by atoms with Crippen LogP contribution < -0.4 is 5.56 Å². The molecule has 0 atom stereocenters. The molecule has 6 heteroatoms. The number of aromatic nitrogens is 2. The zero-order chi connectivity index (χ0) is 17.1. The summed E-state index contributed by atoms with van der Waals surface area (Å²) >= 11 is 4.91. The first-order valence-electron chi connectivity index (χ1n) is 7.44. The van der Waals surface area contributed by atoms with Gasteiger partial charge in [0.05, 0.1) is 22.5 Å². The van der Waals surface area contributed by atoms with Gasteiger partial charge in [0.25, 0.3) is 5.56 Å². The molecule has 0 aliphatic rings. The second-order valence-electron chi connectivity index (χ2n) is 5.21. The molecule has 120 valence electrons. The normalized spacial score (nSPS) is 10.7. The van der Waals surface area contributed by atoms with Crippen molar-refractivity contribution in [3.05, 3.63) is 68.4 Å². The van der Waals surface area contributed by atoms with Gasteiger partial charge in [0.1, 0.15) is 0 Å². The molecule has 0 aliphatic heterocycles. The van der Waals surface area contributed by atoms with Gasteiger partial charge in [-0.2, -0.15) is 5.26 Å². The summed E-state index contributed by atoms with van der Waals surface area (Å²) in [4.78, 5) is 17.3. The summed E-state index contributed by atoms with van der Waals surface area (Å²) in [5, 5.41) is 10.3. The van der Waals surface area contributed by atoms with Crippen LogP contribution in [0.25, 0.3) is 10.9 Å². The van der Waals surface area contributed by atoms with Crippen LogP contribution in [0.15, 0.2) is 56.9 Å². The number of halogens is 1. The molecular formula is C18H14BrN3OS. The highest BCUT2D eigenvalue weighted by Gasteiger charge is 2.11. The molecule has 3 aromatic rings. The van der Waals surface area contributed by atoms with E-state index < -0.39 is 0 Å². The Bertz CT molecular complexity index is 1010. The Balaban J connectivity index is 1.98. The van der Waals surface area contributed by atoms with Crippen LogP contribution in [0.2, 0.25) is 0 Å². The van der Waals surface area contributed by atoms with Gasteiger partial charge in [0.15, 0.2) is 5.16 Å². The molecule has 2 aromatic carbocycles. The lowest BCUT2D eigenvalue weighted by atomic mass is 10.2.